The van der Waals surface area contributed by atoms with Crippen LogP contribution in [0.5, 0.6) is 11.5 Å². The lowest BCUT2D eigenvalue weighted by atomic mass is 9.69. The minimum atomic E-state index is -0.276. The normalized spacial score (nSPS) is 13.6. The highest BCUT2D eigenvalue weighted by atomic mass is 16.5. The summed E-state index contributed by atoms with van der Waals surface area (Å²) in [4.78, 5) is 4.65. The molecule has 9 rings (SSSR count). The number of fused-ring (bicyclic) bond motifs is 5. The first kappa shape index (κ1) is 25.8. The van der Waals surface area contributed by atoms with Gasteiger partial charge in [-0.05, 0) is 74.4 Å². The molecule has 45 heavy (non-hydrogen) atoms. The van der Waals surface area contributed by atoms with Crippen molar-refractivity contribution in [1.82, 2.24) is 0 Å². The van der Waals surface area contributed by atoms with E-state index in [1.807, 2.05) is 12.1 Å². The van der Waals surface area contributed by atoms with Crippen LogP contribution in [0.3, 0.4) is 0 Å². The van der Waals surface area contributed by atoms with Crippen molar-refractivity contribution in [3.8, 4) is 11.5 Å². The zero-order chi connectivity index (χ0) is 29.7. The molecule has 0 aromatic heterocycles. The molecular weight excluding hydrogens is 550 g/mol. The first-order valence-electron chi connectivity index (χ1n) is 15.4. The van der Waals surface area contributed by atoms with Crippen LogP contribution >= 0.6 is 0 Å². The third-order valence-electron chi connectivity index (χ3n) is 8.98. The van der Waals surface area contributed by atoms with Crippen LogP contribution < -0.4 is 29.9 Å². The molecule has 212 valence electrons. The minimum Gasteiger partial charge on any atom is -0.536 e. The van der Waals surface area contributed by atoms with Gasteiger partial charge in [0.15, 0.2) is 0 Å². The second-order valence-electron chi connectivity index (χ2n) is 11.7. The van der Waals surface area contributed by atoms with Crippen molar-refractivity contribution < 1.29 is 9.31 Å². The summed E-state index contributed by atoms with van der Waals surface area (Å²) in [5, 5.41) is 4.79. The van der Waals surface area contributed by atoms with Crippen LogP contribution in [0, 0.1) is 0 Å². The predicted octanol–water partition coefficient (Wildman–Crippen LogP) is 7.71. The molecule has 0 N–H and O–H groups in total. The molecule has 2 aliphatic heterocycles. The Kier molecular flexibility index (Phi) is 6.05. The Bertz CT molecular complexity index is 2190. The molecule has 0 amide bonds. The van der Waals surface area contributed by atoms with E-state index in [1.54, 1.807) is 0 Å². The Morgan fingerprint density at radius 2 is 0.978 bits per heavy atom. The highest BCUT2D eigenvalue weighted by Gasteiger charge is 2.40. The van der Waals surface area contributed by atoms with Gasteiger partial charge in [0.25, 0.3) is 0 Å². The van der Waals surface area contributed by atoms with Gasteiger partial charge in [-0.15, -0.1) is 0 Å². The van der Waals surface area contributed by atoms with Crippen LogP contribution in [-0.4, -0.2) is 14.1 Å². The monoisotopic (exact) mass is 578 g/mol. The molecule has 0 bridgehead atoms. The topological polar surface area (TPSA) is 24.9 Å². The summed E-state index contributed by atoms with van der Waals surface area (Å²) in [5.74, 6) is 1.81. The molecule has 0 unspecified atom stereocenters. The molecule has 4 nitrogen and oxygen atoms in total. The van der Waals surface area contributed by atoms with E-state index < -0.39 is 0 Å². The Hall–Kier alpha value is -5.61. The molecule has 0 spiro atoms. The standard InChI is InChI=1S/C39H28B2N2O2/c1-3-11-28(12-4-1)27-42-36-15-7-9-17-38(36)44-40(42)31-23-21-29-19-20-30-22-24-32(26-35(30)34(29)25-31)41-43(33-13-5-2-6-14-33)37-16-8-10-18-39(37)45-41/h1-26H,27H2. The smallest absolute Gasteiger partial charge is 0.524 e. The number of anilines is 3. The molecule has 7 aromatic carbocycles. The van der Waals surface area contributed by atoms with Gasteiger partial charge in [0.1, 0.15) is 11.5 Å². The summed E-state index contributed by atoms with van der Waals surface area (Å²) < 4.78 is 13.3. The molecule has 0 saturated carbocycles. The molecular formula is C39H28B2N2O2. The average Bonchev–Trinajstić information content (AvgIpc) is 3.67. The SMILES string of the molecule is c1ccc(CN2B(c3ccc4ccc5ccc(B6Oc7ccccc7N6c6ccccc6)cc5c4c3)Oc3ccccc32)cc1. The summed E-state index contributed by atoms with van der Waals surface area (Å²) in [5.41, 5.74) is 6.78. The van der Waals surface area contributed by atoms with E-state index in [9.17, 15) is 0 Å². The van der Waals surface area contributed by atoms with Crippen LogP contribution in [0.2, 0.25) is 0 Å². The second kappa shape index (κ2) is 10.5. The molecule has 2 aliphatic rings. The highest BCUT2D eigenvalue weighted by Crippen LogP contribution is 2.41. The molecule has 0 saturated heterocycles. The summed E-state index contributed by atoms with van der Waals surface area (Å²) in [6.07, 6.45) is 0. The first-order valence-corrected chi connectivity index (χ1v) is 15.4. The van der Waals surface area contributed by atoms with Gasteiger partial charge in [-0.3, -0.25) is 0 Å². The fourth-order valence-corrected chi connectivity index (χ4v) is 6.83. The van der Waals surface area contributed by atoms with E-state index in [-0.39, 0.29) is 14.1 Å². The van der Waals surface area contributed by atoms with Crippen LogP contribution in [-0.2, 0) is 6.54 Å². The van der Waals surface area contributed by atoms with E-state index in [1.165, 1.54) is 27.1 Å². The number of hydrogen-bond donors (Lipinski definition) is 0. The van der Waals surface area contributed by atoms with E-state index in [0.29, 0.717) is 0 Å². The van der Waals surface area contributed by atoms with Crippen LogP contribution in [0.15, 0.2) is 158 Å². The third-order valence-corrected chi connectivity index (χ3v) is 8.98. The second-order valence-corrected chi connectivity index (χ2v) is 11.7. The van der Waals surface area contributed by atoms with Gasteiger partial charge < -0.3 is 18.9 Å². The van der Waals surface area contributed by atoms with Gasteiger partial charge in [0, 0.05) is 12.2 Å². The van der Waals surface area contributed by atoms with Crippen molar-refractivity contribution in [3.63, 3.8) is 0 Å². The maximum absolute atomic E-state index is 6.64. The molecule has 0 aliphatic carbocycles. The van der Waals surface area contributed by atoms with E-state index in [4.69, 9.17) is 9.31 Å². The van der Waals surface area contributed by atoms with Crippen LogP contribution in [0.1, 0.15) is 5.56 Å². The van der Waals surface area contributed by atoms with Gasteiger partial charge in [-0.1, -0.05) is 121 Å². The highest BCUT2D eigenvalue weighted by molar-refractivity contribution is 6.75. The lowest BCUT2D eigenvalue weighted by Crippen LogP contribution is -2.49. The molecule has 6 heteroatoms. The number of nitrogens with zero attached hydrogens (tertiary/aromatic N) is 2. The quantitative estimate of drug-likeness (QED) is 0.154. The molecule has 0 fully saturated rings. The minimum absolute atomic E-state index is 0.230. The Morgan fingerprint density at radius 3 is 1.67 bits per heavy atom. The number of rotatable bonds is 5. The lowest BCUT2D eigenvalue weighted by molar-refractivity contribution is 0.600. The molecule has 0 atom stereocenters. The van der Waals surface area contributed by atoms with Crippen LogP contribution in [0.25, 0.3) is 21.5 Å². The number of benzene rings is 7. The first-order chi connectivity index (χ1) is 22.3. The number of hydrogen-bond acceptors (Lipinski definition) is 4. The predicted molar refractivity (Wildman–Crippen MR) is 188 cm³/mol. The van der Waals surface area contributed by atoms with E-state index in [2.05, 4.69) is 155 Å². The van der Waals surface area contributed by atoms with E-state index >= 15 is 0 Å². The zero-order valence-corrected chi connectivity index (χ0v) is 24.6. The summed E-state index contributed by atoms with van der Waals surface area (Å²) in [6, 6.07) is 55.6. The van der Waals surface area contributed by atoms with Gasteiger partial charge >= 0.3 is 14.1 Å². The Morgan fingerprint density at radius 1 is 0.467 bits per heavy atom. The largest absolute Gasteiger partial charge is 0.536 e. The van der Waals surface area contributed by atoms with Gasteiger partial charge in [-0.25, -0.2) is 0 Å². The van der Waals surface area contributed by atoms with Crippen molar-refractivity contribution in [2.45, 2.75) is 6.54 Å². The molecule has 0 radical (unpaired) electrons. The third kappa shape index (κ3) is 4.41. The summed E-state index contributed by atoms with van der Waals surface area (Å²) >= 11 is 0. The molecule has 2 heterocycles. The maximum Gasteiger partial charge on any atom is 0.524 e. The maximum atomic E-state index is 6.64. The Balaban J connectivity index is 1.15. The van der Waals surface area contributed by atoms with Gasteiger partial charge in [-0.2, -0.15) is 0 Å². The van der Waals surface area contributed by atoms with Crippen molar-refractivity contribution in [3.05, 3.63) is 163 Å². The van der Waals surface area contributed by atoms with E-state index in [0.717, 1.165) is 46.0 Å². The number of para-hydroxylation sites is 5. The van der Waals surface area contributed by atoms with Crippen molar-refractivity contribution >= 4 is 63.6 Å². The fraction of sp³-hybridized carbons (Fsp3) is 0.0256. The van der Waals surface area contributed by atoms with Crippen molar-refractivity contribution in [1.29, 1.82) is 0 Å². The summed E-state index contributed by atoms with van der Waals surface area (Å²) in [7, 11) is -0.506. The fourth-order valence-electron chi connectivity index (χ4n) is 6.83. The zero-order valence-electron chi connectivity index (χ0n) is 24.6. The lowest BCUT2D eigenvalue weighted by Gasteiger charge is -2.23. The van der Waals surface area contributed by atoms with Crippen LogP contribution in [0.4, 0.5) is 17.1 Å². The van der Waals surface area contributed by atoms with Gasteiger partial charge in [0.05, 0.1) is 11.4 Å². The summed E-state index contributed by atoms with van der Waals surface area (Å²) in [6.45, 7) is 0.759. The Labute approximate surface area is 263 Å². The average molecular weight is 578 g/mol. The molecule has 7 aromatic rings. The van der Waals surface area contributed by atoms with Crippen molar-refractivity contribution in [2.75, 3.05) is 9.62 Å². The van der Waals surface area contributed by atoms with Gasteiger partial charge in [0.2, 0.25) is 0 Å². The van der Waals surface area contributed by atoms with Crippen molar-refractivity contribution in [2.24, 2.45) is 0 Å².